The number of aryl methyl sites for hydroxylation is 1. The summed E-state index contributed by atoms with van der Waals surface area (Å²) in [6.07, 6.45) is -0.00789. The Morgan fingerprint density at radius 3 is 2.55 bits per heavy atom. The van der Waals surface area contributed by atoms with Gasteiger partial charge in [-0.3, -0.25) is 9.69 Å². The summed E-state index contributed by atoms with van der Waals surface area (Å²) in [6.45, 7) is 15.4. The van der Waals surface area contributed by atoms with Gasteiger partial charge in [-0.1, -0.05) is 12.1 Å². The predicted octanol–water partition coefficient (Wildman–Crippen LogP) is 1.87. The summed E-state index contributed by atoms with van der Waals surface area (Å²) in [7, 11) is 0. The van der Waals surface area contributed by atoms with Crippen LogP contribution in [0.1, 0.15) is 33.3 Å². The second-order valence-electron chi connectivity index (χ2n) is 7.93. The number of piperazine rings is 1. The topological polar surface area (TPSA) is 69.2 Å². The maximum Gasteiger partial charge on any atom is 0.234 e. The van der Waals surface area contributed by atoms with Crippen molar-refractivity contribution in [2.24, 2.45) is 4.99 Å². The molecule has 1 unspecified atom stereocenters. The molecule has 1 fully saturated rings. The number of nitrogens with zero attached hydrogens (tertiary/aromatic N) is 3. The van der Waals surface area contributed by atoms with Crippen molar-refractivity contribution >= 4 is 11.9 Å². The van der Waals surface area contributed by atoms with E-state index in [0.29, 0.717) is 13.1 Å². The molecule has 1 aromatic rings. The van der Waals surface area contributed by atoms with E-state index in [-0.39, 0.29) is 18.1 Å². The first-order valence-electron chi connectivity index (χ1n) is 10.7. The van der Waals surface area contributed by atoms with E-state index in [1.54, 1.807) is 0 Å². The van der Waals surface area contributed by atoms with E-state index < -0.39 is 0 Å². The smallest absolute Gasteiger partial charge is 0.234 e. The molecule has 7 heteroatoms. The van der Waals surface area contributed by atoms with Crippen LogP contribution in [0.15, 0.2) is 29.3 Å². The maximum atomic E-state index is 12.0. The van der Waals surface area contributed by atoms with E-state index in [0.717, 1.165) is 44.4 Å². The van der Waals surface area contributed by atoms with Crippen LogP contribution >= 0.6 is 0 Å². The van der Waals surface area contributed by atoms with Crippen molar-refractivity contribution in [2.75, 3.05) is 45.8 Å². The Hall–Kier alpha value is -2.28. The summed E-state index contributed by atoms with van der Waals surface area (Å²) >= 11 is 0. The number of amides is 1. The number of aliphatic imine (C=N–C) groups is 1. The molecular formula is C22H37N5O2. The Kier molecular flexibility index (Phi) is 9.25. The first kappa shape index (κ1) is 23.0. The van der Waals surface area contributed by atoms with E-state index in [9.17, 15) is 4.79 Å². The first-order valence-corrected chi connectivity index (χ1v) is 10.7. The predicted molar refractivity (Wildman–Crippen MR) is 119 cm³/mol. The van der Waals surface area contributed by atoms with Crippen molar-refractivity contribution < 1.29 is 9.53 Å². The molecule has 29 heavy (non-hydrogen) atoms. The minimum atomic E-state index is -0.00789. The molecule has 7 nitrogen and oxygen atoms in total. The van der Waals surface area contributed by atoms with Gasteiger partial charge in [0.25, 0.3) is 0 Å². The molecule has 0 aromatic heterocycles. The highest BCUT2D eigenvalue weighted by molar-refractivity contribution is 5.80. The Labute approximate surface area is 175 Å². The third kappa shape index (κ3) is 8.31. The van der Waals surface area contributed by atoms with Crippen molar-refractivity contribution in [1.82, 2.24) is 20.4 Å². The van der Waals surface area contributed by atoms with Gasteiger partial charge in [-0.15, -0.1) is 0 Å². The van der Waals surface area contributed by atoms with Gasteiger partial charge >= 0.3 is 0 Å². The van der Waals surface area contributed by atoms with E-state index in [2.05, 4.69) is 40.3 Å². The van der Waals surface area contributed by atoms with Gasteiger partial charge in [-0.05, 0) is 52.3 Å². The van der Waals surface area contributed by atoms with E-state index in [1.165, 1.54) is 5.56 Å². The zero-order chi connectivity index (χ0) is 21.2. The molecule has 1 atom stereocenters. The van der Waals surface area contributed by atoms with Crippen LogP contribution in [0.4, 0.5) is 0 Å². The Balaban J connectivity index is 1.85. The fourth-order valence-electron chi connectivity index (χ4n) is 3.29. The first-order chi connectivity index (χ1) is 13.9. The van der Waals surface area contributed by atoms with Gasteiger partial charge < -0.3 is 20.3 Å². The molecule has 1 heterocycles. The number of carbonyl (C=O) groups excluding carboxylic acids is 1. The number of hydrogen-bond acceptors (Lipinski definition) is 4. The molecule has 1 amide bonds. The number of benzene rings is 1. The average molecular weight is 404 g/mol. The molecule has 2 rings (SSSR count). The molecule has 0 bridgehead atoms. The van der Waals surface area contributed by atoms with E-state index in [4.69, 9.17) is 9.73 Å². The summed E-state index contributed by atoms with van der Waals surface area (Å²) < 4.78 is 6.00. The van der Waals surface area contributed by atoms with Crippen molar-refractivity contribution in [2.45, 2.75) is 46.8 Å². The monoisotopic (exact) mass is 403 g/mol. The molecule has 0 saturated carbocycles. The van der Waals surface area contributed by atoms with E-state index in [1.807, 2.05) is 39.0 Å². The quantitative estimate of drug-likeness (QED) is 0.512. The average Bonchev–Trinajstić information content (AvgIpc) is 2.65. The zero-order valence-corrected chi connectivity index (χ0v) is 18.6. The van der Waals surface area contributed by atoms with Gasteiger partial charge in [-0.2, -0.15) is 0 Å². The van der Waals surface area contributed by atoms with Crippen molar-refractivity contribution in [3.8, 4) is 5.75 Å². The van der Waals surface area contributed by atoms with Crippen LogP contribution in [-0.2, 0) is 4.79 Å². The lowest BCUT2D eigenvalue weighted by atomic mass is 10.2. The fourth-order valence-corrected chi connectivity index (χ4v) is 3.29. The molecule has 1 aliphatic heterocycles. The van der Waals surface area contributed by atoms with E-state index >= 15 is 0 Å². The second-order valence-corrected chi connectivity index (χ2v) is 7.93. The van der Waals surface area contributed by atoms with Gasteiger partial charge in [0.1, 0.15) is 11.9 Å². The van der Waals surface area contributed by atoms with Crippen LogP contribution in [0.3, 0.4) is 0 Å². The Bertz CT molecular complexity index is 669. The second kappa shape index (κ2) is 11.7. The van der Waals surface area contributed by atoms with Crippen LogP contribution in [0.25, 0.3) is 0 Å². The minimum absolute atomic E-state index is 0.00789. The van der Waals surface area contributed by atoms with Crippen LogP contribution in [0, 0.1) is 6.92 Å². The zero-order valence-electron chi connectivity index (χ0n) is 18.6. The van der Waals surface area contributed by atoms with Gasteiger partial charge in [-0.25, -0.2) is 4.99 Å². The largest absolute Gasteiger partial charge is 0.489 e. The number of guanidine groups is 1. The van der Waals surface area contributed by atoms with Gasteiger partial charge in [0.15, 0.2) is 5.96 Å². The highest BCUT2D eigenvalue weighted by Gasteiger charge is 2.21. The number of carbonyl (C=O) groups is 1. The molecular weight excluding hydrogens is 366 g/mol. The lowest BCUT2D eigenvalue weighted by Gasteiger charge is -2.36. The SMILES string of the molecule is CCNC(=NCC(C)Oc1cccc(C)c1)N1CCN(CC(=O)NC(C)C)CC1. The molecule has 2 N–H and O–H groups in total. The number of rotatable bonds is 8. The molecule has 162 valence electrons. The standard InChI is InChI=1S/C22H37N5O2/c1-6-23-22(24-15-19(5)29-20-9-7-8-18(4)14-20)27-12-10-26(11-13-27)16-21(28)25-17(2)3/h7-9,14,17,19H,6,10-13,15-16H2,1-5H3,(H,23,24)(H,25,28). The van der Waals surface area contributed by atoms with Crippen molar-refractivity contribution in [3.63, 3.8) is 0 Å². The van der Waals surface area contributed by atoms with Crippen molar-refractivity contribution in [3.05, 3.63) is 29.8 Å². The summed E-state index contributed by atoms with van der Waals surface area (Å²) in [6, 6.07) is 8.27. The van der Waals surface area contributed by atoms with Gasteiger partial charge in [0.2, 0.25) is 5.91 Å². The highest BCUT2D eigenvalue weighted by atomic mass is 16.5. The lowest BCUT2D eigenvalue weighted by molar-refractivity contribution is -0.123. The maximum absolute atomic E-state index is 12.0. The molecule has 0 radical (unpaired) electrons. The summed E-state index contributed by atoms with van der Waals surface area (Å²) in [4.78, 5) is 21.2. The number of ether oxygens (including phenoxy) is 1. The fraction of sp³-hybridized carbons (Fsp3) is 0.636. The van der Waals surface area contributed by atoms with Crippen LogP contribution < -0.4 is 15.4 Å². The summed E-state index contributed by atoms with van der Waals surface area (Å²) in [5.74, 6) is 1.89. The summed E-state index contributed by atoms with van der Waals surface area (Å²) in [5.41, 5.74) is 1.19. The number of hydrogen-bond donors (Lipinski definition) is 2. The highest BCUT2D eigenvalue weighted by Crippen LogP contribution is 2.14. The van der Waals surface area contributed by atoms with Gasteiger partial charge in [0.05, 0.1) is 13.1 Å². The molecule has 0 spiro atoms. The van der Waals surface area contributed by atoms with Gasteiger partial charge in [0, 0.05) is 38.8 Å². The van der Waals surface area contributed by atoms with Crippen molar-refractivity contribution in [1.29, 1.82) is 0 Å². The third-order valence-electron chi connectivity index (χ3n) is 4.65. The summed E-state index contributed by atoms with van der Waals surface area (Å²) in [5, 5.41) is 6.34. The number of nitrogens with one attached hydrogen (secondary N) is 2. The van der Waals surface area contributed by atoms with Crippen LogP contribution in [-0.4, -0.2) is 79.6 Å². The normalized spacial score (nSPS) is 16.6. The van der Waals surface area contributed by atoms with Crippen LogP contribution in [0.2, 0.25) is 0 Å². The van der Waals surface area contributed by atoms with Crippen LogP contribution in [0.5, 0.6) is 5.75 Å². The molecule has 1 aromatic carbocycles. The molecule has 1 aliphatic rings. The minimum Gasteiger partial charge on any atom is -0.489 e. The Morgan fingerprint density at radius 1 is 1.21 bits per heavy atom. The Morgan fingerprint density at radius 2 is 1.93 bits per heavy atom. The molecule has 1 saturated heterocycles. The third-order valence-corrected chi connectivity index (χ3v) is 4.65. The lowest BCUT2D eigenvalue weighted by Crippen LogP contribution is -2.54. The molecule has 0 aliphatic carbocycles.